The minimum absolute atomic E-state index is 0.203. The third kappa shape index (κ3) is 3.02. The van der Waals surface area contributed by atoms with Crippen molar-refractivity contribution in [2.24, 2.45) is 17.8 Å². The third-order valence-electron chi connectivity index (χ3n) is 7.29. The number of rotatable bonds is 2. The summed E-state index contributed by atoms with van der Waals surface area (Å²) in [6.07, 6.45) is 1.84. The first-order valence-corrected chi connectivity index (χ1v) is 11.5. The third-order valence-corrected chi connectivity index (χ3v) is 7.29. The molecule has 0 radical (unpaired) electrons. The molecule has 0 spiro atoms. The van der Waals surface area contributed by atoms with Gasteiger partial charge in [0, 0.05) is 19.7 Å². The van der Waals surface area contributed by atoms with Crippen LogP contribution in [-0.2, 0) is 25.6 Å². The number of fused-ring (bicyclic) bond motifs is 4. The molecule has 0 saturated carbocycles. The van der Waals surface area contributed by atoms with Crippen LogP contribution in [-0.4, -0.2) is 41.7 Å². The Morgan fingerprint density at radius 3 is 1.89 bits per heavy atom. The van der Waals surface area contributed by atoms with Gasteiger partial charge in [-0.2, -0.15) is 0 Å². The Hall–Kier alpha value is -4.33. The molecule has 6 rings (SSSR count). The predicted octanol–water partition coefficient (Wildman–Crippen LogP) is 2.44. The smallest absolute Gasteiger partial charge is 0.257 e. The number of pyridine rings is 1. The van der Waals surface area contributed by atoms with Gasteiger partial charge in [-0.1, -0.05) is 36.4 Å². The number of imide groups is 2. The van der Waals surface area contributed by atoms with Gasteiger partial charge in [-0.05, 0) is 36.4 Å². The Morgan fingerprint density at radius 1 is 0.686 bits per heavy atom. The molecule has 174 valence electrons. The molecule has 0 unspecified atom stereocenters. The number of amides is 4. The van der Waals surface area contributed by atoms with Crippen molar-refractivity contribution in [3.05, 3.63) is 84.7 Å². The van der Waals surface area contributed by atoms with Gasteiger partial charge in [-0.25, -0.2) is 4.90 Å². The van der Waals surface area contributed by atoms with E-state index in [1.807, 2.05) is 6.07 Å². The van der Waals surface area contributed by atoms with Crippen LogP contribution in [0.5, 0.6) is 0 Å². The maximum absolute atomic E-state index is 13.9. The summed E-state index contributed by atoms with van der Waals surface area (Å²) in [6.45, 7) is 0. The topological polar surface area (TPSA) is 90.9 Å². The van der Waals surface area contributed by atoms with Gasteiger partial charge in [0.05, 0.1) is 40.5 Å². The molecule has 3 aliphatic rings. The van der Waals surface area contributed by atoms with Crippen LogP contribution in [0.3, 0.4) is 0 Å². The maximum Gasteiger partial charge on any atom is 0.257 e. The lowest BCUT2D eigenvalue weighted by molar-refractivity contribution is -0.130. The Kier molecular flexibility index (Phi) is 4.77. The van der Waals surface area contributed by atoms with Crippen molar-refractivity contribution in [3.8, 4) is 0 Å². The Morgan fingerprint density at radius 2 is 1.26 bits per heavy atom. The minimum Gasteiger partial charge on any atom is -0.360 e. The molecule has 0 bridgehead atoms. The Bertz CT molecular complexity index is 1360. The van der Waals surface area contributed by atoms with Crippen molar-refractivity contribution in [1.82, 2.24) is 4.98 Å². The van der Waals surface area contributed by atoms with E-state index in [1.54, 1.807) is 84.9 Å². The lowest BCUT2D eigenvalue weighted by atomic mass is 9.76. The number of anilines is 3. The van der Waals surface area contributed by atoms with E-state index in [0.717, 1.165) is 4.90 Å². The summed E-state index contributed by atoms with van der Waals surface area (Å²) in [5.41, 5.74) is 2.20. The number of para-hydroxylation sites is 2. The van der Waals surface area contributed by atoms with Gasteiger partial charge in [-0.3, -0.25) is 29.1 Å². The van der Waals surface area contributed by atoms with Crippen molar-refractivity contribution in [3.63, 3.8) is 0 Å². The second-order valence-electron chi connectivity index (χ2n) is 9.08. The number of aromatic nitrogens is 1. The molecule has 2 fully saturated rings. The Balaban J connectivity index is 1.54. The average molecular weight is 466 g/mol. The normalized spacial score (nSPS) is 25.8. The first-order valence-electron chi connectivity index (χ1n) is 11.5. The fraction of sp³-hybridized carbons (Fsp3) is 0.222. The van der Waals surface area contributed by atoms with Gasteiger partial charge < -0.3 is 4.90 Å². The number of benzene rings is 2. The predicted molar refractivity (Wildman–Crippen MR) is 128 cm³/mol. The number of likely N-dealkylation sites (N-methyl/N-ethyl adjacent to an activating group) is 1. The molecule has 35 heavy (non-hydrogen) atoms. The zero-order chi connectivity index (χ0) is 24.3. The molecule has 0 N–H and O–H groups in total. The number of nitrogens with zero attached hydrogens (tertiary/aromatic N) is 4. The molecular weight excluding hydrogens is 444 g/mol. The Labute approximate surface area is 201 Å². The van der Waals surface area contributed by atoms with Gasteiger partial charge in [0.1, 0.15) is 6.04 Å². The highest BCUT2D eigenvalue weighted by Gasteiger charge is 2.63. The van der Waals surface area contributed by atoms with Crippen molar-refractivity contribution in [2.45, 2.75) is 12.5 Å². The summed E-state index contributed by atoms with van der Waals surface area (Å²) in [5.74, 6) is -4.48. The van der Waals surface area contributed by atoms with E-state index in [4.69, 9.17) is 0 Å². The van der Waals surface area contributed by atoms with Crippen LogP contribution in [0.4, 0.5) is 17.1 Å². The van der Waals surface area contributed by atoms with Gasteiger partial charge in [0.2, 0.25) is 17.7 Å². The van der Waals surface area contributed by atoms with E-state index in [9.17, 15) is 19.2 Å². The molecule has 2 saturated heterocycles. The first kappa shape index (κ1) is 21.2. The van der Waals surface area contributed by atoms with Crippen LogP contribution in [0.25, 0.3) is 0 Å². The van der Waals surface area contributed by atoms with Crippen molar-refractivity contribution in [1.29, 1.82) is 0 Å². The number of carbonyl (C=O) groups is 4. The zero-order valence-corrected chi connectivity index (χ0v) is 18.9. The summed E-state index contributed by atoms with van der Waals surface area (Å²) in [4.78, 5) is 63.8. The SMILES string of the molecule is CN1c2cccnc2C[C@@H]2C(=O)N(c3ccccc3)C(=O)[C@H]2[C@@H]2C(=O)N(c3ccccc3)C(=O)[C@@H]21. The second-order valence-corrected chi connectivity index (χ2v) is 9.08. The lowest BCUT2D eigenvalue weighted by Crippen LogP contribution is -2.48. The van der Waals surface area contributed by atoms with Crippen molar-refractivity contribution < 1.29 is 19.2 Å². The van der Waals surface area contributed by atoms with Crippen LogP contribution >= 0.6 is 0 Å². The molecule has 4 atom stereocenters. The molecule has 0 aliphatic carbocycles. The van der Waals surface area contributed by atoms with Gasteiger partial charge in [0.25, 0.3) is 5.91 Å². The van der Waals surface area contributed by atoms with Crippen LogP contribution in [0.15, 0.2) is 79.0 Å². The maximum atomic E-state index is 13.9. The quantitative estimate of drug-likeness (QED) is 0.539. The molecule has 1 aromatic heterocycles. The standard InChI is InChI=1S/C27H22N4O4/c1-29-20-13-8-14-28-19(20)15-18-21(25(33)30(24(18)32)16-9-4-2-5-10-16)22-23(29)27(35)31(26(22)34)17-11-6-3-7-12-17/h2-14,18,21-23H,15H2,1H3/t18-,21+,22-,23+/m0/s1. The highest BCUT2D eigenvalue weighted by molar-refractivity contribution is 6.28. The number of hydrogen-bond donors (Lipinski definition) is 0. The van der Waals surface area contributed by atoms with E-state index in [0.29, 0.717) is 22.8 Å². The molecule has 3 aliphatic heterocycles. The lowest BCUT2D eigenvalue weighted by Gasteiger charge is -2.35. The fourth-order valence-electron chi connectivity index (χ4n) is 5.73. The molecule has 3 aromatic rings. The highest BCUT2D eigenvalue weighted by Crippen LogP contribution is 2.46. The zero-order valence-electron chi connectivity index (χ0n) is 18.9. The first-order chi connectivity index (χ1) is 17.0. The van der Waals surface area contributed by atoms with Crippen LogP contribution in [0, 0.1) is 17.8 Å². The summed E-state index contributed by atoms with van der Waals surface area (Å²) in [6, 6.07) is 20.1. The van der Waals surface area contributed by atoms with E-state index in [2.05, 4.69) is 4.98 Å². The van der Waals surface area contributed by atoms with E-state index in [-0.39, 0.29) is 12.3 Å². The molecule has 2 aromatic carbocycles. The number of hydrogen-bond acceptors (Lipinski definition) is 6. The molecule has 4 amide bonds. The van der Waals surface area contributed by atoms with Crippen LogP contribution in [0.2, 0.25) is 0 Å². The van der Waals surface area contributed by atoms with Gasteiger partial charge in [-0.15, -0.1) is 0 Å². The van der Waals surface area contributed by atoms with Crippen LogP contribution < -0.4 is 14.7 Å². The highest BCUT2D eigenvalue weighted by atomic mass is 16.2. The second kappa shape index (κ2) is 7.87. The largest absolute Gasteiger partial charge is 0.360 e. The fourth-order valence-corrected chi connectivity index (χ4v) is 5.73. The molecule has 8 nitrogen and oxygen atoms in total. The summed E-state index contributed by atoms with van der Waals surface area (Å²) in [7, 11) is 1.74. The van der Waals surface area contributed by atoms with E-state index < -0.39 is 41.5 Å². The molecule has 8 heteroatoms. The summed E-state index contributed by atoms with van der Waals surface area (Å²) in [5, 5.41) is 0. The van der Waals surface area contributed by atoms with Crippen molar-refractivity contribution >= 4 is 40.7 Å². The van der Waals surface area contributed by atoms with E-state index in [1.165, 1.54) is 4.90 Å². The summed E-state index contributed by atoms with van der Waals surface area (Å²) < 4.78 is 0. The van der Waals surface area contributed by atoms with Crippen molar-refractivity contribution in [2.75, 3.05) is 21.7 Å². The summed E-state index contributed by atoms with van der Waals surface area (Å²) >= 11 is 0. The van der Waals surface area contributed by atoms with Crippen LogP contribution in [0.1, 0.15) is 5.69 Å². The average Bonchev–Trinajstić information content (AvgIpc) is 3.26. The number of carbonyl (C=O) groups excluding carboxylic acids is 4. The van der Waals surface area contributed by atoms with Gasteiger partial charge in [0.15, 0.2) is 0 Å². The molecule has 4 heterocycles. The monoisotopic (exact) mass is 466 g/mol. The molecular formula is C27H22N4O4. The van der Waals surface area contributed by atoms with Gasteiger partial charge >= 0.3 is 0 Å². The minimum atomic E-state index is -1.00. The van der Waals surface area contributed by atoms with E-state index >= 15 is 0 Å².